The molecule has 34 heavy (non-hydrogen) atoms. The third kappa shape index (κ3) is 6.12. The van der Waals surface area contributed by atoms with Crippen LogP contribution < -0.4 is 10.6 Å². The number of likely N-dealkylation sites (tertiary alicyclic amines) is 1. The molecule has 6 nitrogen and oxygen atoms in total. The second-order valence-electron chi connectivity index (χ2n) is 8.74. The van der Waals surface area contributed by atoms with Gasteiger partial charge >= 0.3 is 6.18 Å². The summed E-state index contributed by atoms with van der Waals surface area (Å²) in [7, 11) is 1.82. The van der Waals surface area contributed by atoms with E-state index in [4.69, 9.17) is 0 Å². The fourth-order valence-electron chi connectivity index (χ4n) is 4.25. The summed E-state index contributed by atoms with van der Waals surface area (Å²) < 4.78 is 51.8. The molecule has 1 aliphatic heterocycles. The average molecular weight is 478 g/mol. The highest BCUT2D eigenvalue weighted by atomic mass is 19.4. The van der Waals surface area contributed by atoms with Crippen LogP contribution in [0.3, 0.4) is 0 Å². The minimum atomic E-state index is -4.17. The predicted molar refractivity (Wildman–Crippen MR) is 122 cm³/mol. The maximum atomic E-state index is 13.1. The summed E-state index contributed by atoms with van der Waals surface area (Å²) in [4.78, 5) is 19.3. The number of anilines is 1. The molecule has 4 rings (SSSR count). The molecule has 2 heterocycles. The molecule has 1 fully saturated rings. The molecule has 1 saturated heterocycles. The van der Waals surface area contributed by atoms with Crippen LogP contribution in [-0.4, -0.2) is 52.7 Å². The zero-order valence-electron chi connectivity index (χ0n) is 18.8. The zero-order chi connectivity index (χ0) is 24.3. The van der Waals surface area contributed by atoms with Gasteiger partial charge in [0.05, 0.1) is 17.6 Å². The average Bonchev–Trinajstić information content (AvgIpc) is 3.09. The van der Waals surface area contributed by atoms with E-state index in [9.17, 15) is 22.4 Å². The van der Waals surface area contributed by atoms with Crippen molar-refractivity contribution in [3.05, 3.63) is 59.4 Å². The third-order valence-electron chi connectivity index (χ3n) is 6.15. The Morgan fingerprint density at radius 2 is 1.82 bits per heavy atom. The topological polar surface area (TPSA) is 62.2 Å². The summed E-state index contributed by atoms with van der Waals surface area (Å²) in [6.45, 7) is 1.85. The van der Waals surface area contributed by atoms with E-state index in [2.05, 4.69) is 20.5 Å². The number of fused-ring (bicyclic) bond motifs is 1. The van der Waals surface area contributed by atoms with Gasteiger partial charge in [0.15, 0.2) is 0 Å². The number of hydrogen-bond acceptors (Lipinski definition) is 4. The molecule has 1 amide bonds. The molecule has 10 heteroatoms. The lowest BCUT2D eigenvalue weighted by atomic mass is 9.96. The Hall–Kier alpha value is -2.98. The Morgan fingerprint density at radius 3 is 2.50 bits per heavy atom. The van der Waals surface area contributed by atoms with Crippen LogP contribution in [0.4, 0.5) is 23.5 Å². The zero-order valence-corrected chi connectivity index (χ0v) is 18.8. The number of amides is 1. The quantitative estimate of drug-likeness (QED) is 0.498. The van der Waals surface area contributed by atoms with E-state index in [0.29, 0.717) is 18.1 Å². The maximum absolute atomic E-state index is 13.1. The van der Waals surface area contributed by atoms with E-state index < -0.39 is 18.5 Å². The molecule has 182 valence electrons. The summed E-state index contributed by atoms with van der Waals surface area (Å²) in [5.41, 5.74) is 3.06. The van der Waals surface area contributed by atoms with Crippen molar-refractivity contribution in [3.8, 4) is 0 Å². The number of benzene rings is 2. The molecule has 0 saturated carbocycles. The van der Waals surface area contributed by atoms with Gasteiger partial charge in [0, 0.05) is 19.2 Å². The lowest BCUT2D eigenvalue weighted by molar-refractivity contribution is -0.125. The molecule has 0 bridgehead atoms. The van der Waals surface area contributed by atoms with Crippen molar-refractivity contribution in [2.24, 2.45) is 13.0 Å². The first-order valence-corrected chi connectivity index (χ1v) is 11.2. The van der Waals surface area contributed by atoms with Crippen molar-refractivity contribution >= 4 is 22.9 Å². The predicted octanol–water partition coefficient (Wildman–Crippen LogP) is 4.33. The minimum absolute atomic E-state index is 0.255. The maximum Gasteiger partial charge on any atom is 0.401 e. The molecule has 0 radical (unpaired) electrons. The first-order valence-electron chi connectivity index (χ1n) is 11.2. The fourth-order valence-corrected chi connectivity index (χ4v) is 4.25. The molecular formula is C24H27F4N5O. The largest absolute Gasteiger partial charge is 0.401 e. The number of hydrogen-bond donors (Lipinski definition) is 2. The highest BCUT2D eigenvalue weighted by Gasteiger charge is 2.27. The molecular weight excluding hydrogens is 450 g/mol. The number of carbonyl (C=O) groups excluding carboxylic acids is 1. The lowest BCUT2D eigenvalue weighted by Gasteiger charge is -2.32. The highest BCUT2D eigenvalue weighted by molar-refractivity contribution is 6.04. The van der Waals surface area contributed by atoms with Crippen LogP contribution in [0, 0.1) is 11.7 Å². The number of alkyl halides is 3. The van der Waals surface area contributed by atoms with Crippen LogP contribution in [-0.2, 0) is 13.6 Å². The molecule has 0 spiro atoms. The van der Waals surface area contributed by atoms with Gasteiger partial charge in [0.1, 0.15) is 5.82 Å². The van der Waals surface area contributed by atoms with Crippen molar-refractivity contribution in [1.82, 2.24) is 19.8 Å². The van der Waals surface area contributed by atoms with E-state index in [0.717, 1.165) is 49.1 Å². The first kappa shape index (κ1) is 24.2. The molecule has 0 unspecified atom stereocenters. The molecule has 1 aromatic heterocycles. The molecule has 0 atom stereocenters. The molecule has 0 aliphatic carbocycles. The van der Waals surface area contributed by atoms with Crippen LogP contribution in [0.25, 0.3) is 11.0 Å². The summed E-state index contributed by atoms with van der Waals surface area (Å²) in [5.74, 6) is -0.126. The number of rotatable bonds is 7. The number of nitrogens with zero attached hydrogens (tertiary/aromatic N) is 3. The van der Waals surface area contributed by atoms with Crippen molar-refractivity contribution in [2.45, 2.75) is 25.6 Å². The van der Waals surface area contributed by atoms with Gasteiger partial charge in [0.25, 0.3) is 5.91 Å². The molecule has 2 N–H and O–H groups in total. The Morgan fingerprint density at radius 1 is 1.12 bits per heavy atom. The van der Waals surface area contributed by atoms with E-state index >= 15 is 0 Å². The van der Waals surface area contributed by atoms with Crippen molar-refractivity contribution in [2.75, 3.05) is 31.5 Å². The van der Waals surface area contributed by atoms with Crippen LogP contribution in [0.15, 0.2) is 42.5 Å². The van der Waals surface area contributed by atoms with Crippen molar-refractivity contribution < 1.29 is 22.4 Å². The second kappa shape index (κ2) is 10.1. The normalized spacial score (nSPS) is 15.7. The molecule has 1 aliphatic rings. The fraction of sp³-hybridized carbons (Fsp3) is 0.417. The SMILES string of the molecule is Cn1c(NC(=O)c2ccc(F)cc2)nc2ccc(CN3CCC(CNCC(F)(F)F)CC3)cc21. The number of imidazole rings is 1. The second-order valence-corrected chi connectivity index (χ2v) is 8.74. The Kier molecular flexibility index (Phi) is 7.18. The Bertz CT molecular complexity index is 1130. The summed E-state index contributed by atoms with van der Waals surface area (Å²) in [6.07, 6.45) is -2.45. The smallest absolute Gasteiger partial charge is 0.313 e. The summed E-state index contributed by atoms with van der Waals surface area (Å²) >= 11 is 0. The number of halogens is 4. The minimum Gasteiger partial charge on any atom is -0.313 e. The highest BCUT2D eigenvalue weighted by Crippen LogP contribution is 2.23. The van der Waals surface area contributed by atoms with Crippen LogP contribution in [0.2, 0.25) is 0 Å². The van der Waals surface area contributed by atoms with Gasteiger partial charge in [-0.2, -0.15) is 13.2 Å². The van der Waals surface area contributed by atoms with Crippen LogP contribution in [0.5, 0.6) is 0 Å². The number of nitrogens with one attached hydrogen (secondary N) is 2. The Labute approximate surface area is 195 Å². The van der Waals surface area contributed by atoms with Gasteiger partial charge in [-0.1, -0.05) is 6.07 Å². The van der Waals surface area contributed by atoms with E-state index in [1.807, 2.05) is 25.2 Å². The van der Waals surface area contributed by atoms with Crippen molar-refractivity contribution in [3.63, 3.8) is 0 Å². The van der Waals surface area contributed by atoms with E-state index in [-0.39, 0.29) is 11.8 Å². The van der Waals surface area contributed by atoms with Gasteiger partial charge in [-0.3, -0.25) is 15.0 Å². The molecule has 3 aromatic rings. The first-order chi connectivity index (χ1) is 16.2. The van der Waals surface area contributed by atoms with Gasteiger partial charge in [-0.25, -0.2) is 9.37 Å². The Balaban J connectivity index is 1.34. The van der Waals surface area contributed by atoms with Gasteiger partial charge in [-0.15, -0.1) is 0 Å². The molecule has 2 aromatic carbocycles. The van der Waals surface area contributed by atoms with Gasteiger partial charge in [-0.05, 0) is 80.4 Å². The van der Waals surface area contributed by atoms with Gasteiger partial charge in [0.2, 0.25) is 5.95 Å². The lowest BCUT2D eigenvalue weighted by Crippen LogP contribution is -2.39. The monoisotopic (exact) mass is 477 g/mol. The number of aryl methyl sites for hydroxylation is 1. The van der Waals surface area contributed by atoms with E-state index in [1.54, 1.807) is 4.57 Å². The standard InChI is InChI=1S/C24H27F4N5O/c1-32-21-12-17(14-33-10-8-16(9-11-33)13-29-15-24(26,27)28)2-7-20(21)30-23(32)31-22(34)18-3-5-19(25)6-4-18/h2-7,12,16,29H,8-11,13-15H2,1H3,(H,30,31,34). The number of aromatic nitrogens is 2. The van der Waals surface area contributed by atoms with E-state index in [1.165, 1.54) is 24.3 Å². The summed E-state index contributed by atoms with van der Waals surface area (Å²) in [5, 5.41) is 5.29. The van der Waals surface area contributed by atoms with Gasteiger partial charge < -0.3 is 9.88 Å². The van der Waals surface area contributed by atoms with Crippen LogP contribution >= 0.6 is 0 Å². The number of carbonyl (C=O) groups is 1. The number of piperidine rings is 1. The van der Waals surface area contributed by atoms with Crippen LogP contribution in [0.1, 0.15) is 28.8 Å². The third-order valence-corrected chi connectivity index (χ3v) is 6.15. The summed E-state index contributed by atoms with van der Waals surface area (Å²) in [6, 6.07) is 11.2. The van der Waals surface area contributed by atoms with Crippen molar-refractivity contribution in [1.29, 1.82) is 0 Å².